The standard InChI is InChI=1S/C22H19Cl2N3O5S/c1-3-10-27(16-6-4-15(23)5-7-16)33(30,31)17-8-9-20(24)18(11-17)22(29)32-13-21(28)19(12-25)14(2)26/h3-9,11H,1,10,13,26H2,2H3. The first kappa shape index (κ1) is 25.9. The van der Waals surface area contributed by atoms with Crippen molar-refractivity contribution in [2.45, 2.75) is 11.8 Å². The SMILES string of the molecule is C=CCN(c1ccc(Cl)cc1)S(=O)(=O)c1ccc(Cl)c(C(=O)OCC(=O)C(C#N)=C(C)N)c1. The second-order valence-corrected chi connectivity index (χ2v) is 9.32. The van der Waals surface area contributed by atoms with Crippen molar-refractivity contribution in [1.29, 1.82) is 5.26 Å². The van der Waals surface area contributed by atoms with Gasteiger partial charge in [-0.05, 0) is 49.4 Å². The van der Waals surface area contributed by atoms with Crippen molar-refractivity contribution in [1.82, 2.24) is 0 Å². The molecule has 2 rings (SSSR count). The van der Waals surface area contributed by atoms with Crippen LogP contribution in [0.25, 0.3) is 0 Å². The number of carbonyl (C=O) groups excluding carboxylic acids is 2. The Labute approximate surface area is 201 Å². The van der Waals surface area contributed by atoms with E-state index in [0.717, 1.165) is 10.4 Å². The number of hydrogen-bond acceptors (Lipinski definition) is 7. The number of ketones is 1. The van der Waals surface area contributed by atoms with Crippen LogP contribution in [0, 0.1) is 11.3 Å². The molecule has 0 radical (unpaired) electrons. The minimum atomic E-state index is -4.14. The van der Waals surface area contributed by atoms with Gasteiger partial charge in [-0.25, -0.2) is 13.2 Å². The van der Waals surface area contributed by atoms with Gasteiger partial charge in [0, 0.05) is 10.7 Å². The summed E-state index contributed by atoms with van der Waals surface area (Å²) in [4.78, 5) is 24.3. The number of halogens is 2. The molecule has 2 aromatic carbocycles. The minimum Gasteiger partial charge on any atom is -0.454 e. The zero-order chi connectivity index (χ0) is 24.8. The molecule has 0 atom stereocenters. The smallest absolute Gasteiger partial charge is 0.340 e. The molecule has 0 heterocycles. The van der Waals surface area contributed by atoms with E-state index in [1.807, 2.05) is 0 Å². The molecule has 0 aliphatic carbocycles. The maximum Gasteiger partial charge on any atom is 0.340 e. The summed E-state index contributed by atoms with van der Waals surface area (Å²) in [6, 6.07) is 11.3. The lowest BCUT2D eigenvalue weighted by molar-refractivity contribution is -0.118. The number of nitriles is 1. The molecular weight excluding hydrogens is 489 g/mol. The van der Waals surface area contributed by atoms with E-state index in [-0.39, 0.29) is 33.3 Å². The van der Waals surface area contributed by atoms with E-state index in [2.05, 4.69) is 6.58 Å². The Hall–Kier alpha value is -3.32. The summed E-state index contributed by atoms with van der Waals surface area (Å²) in [7, 11) is -4.14. The lowest BCUT2D eigenvalue weighted by Gasteiger charge is -2.23. The van der Waals surface area contributed by atoms with E-state index >= 15 is 0 Å². The van der Waals surface area contributed by atoms with Crippen molar-refractivity contribution in [3.8, 4) is 6.07 Å². The fourth-order valence-electron chi connectivity index (χ4n) is 2.67. The van der Waals surface area contributed by atoms with Gasteiger partial charge in [-0.3, -0.25) is 9.10 Å². The van der Waals surface area contributed by atoms with Crippen LogP contribution in [0.5, 0.6) is 0 Å². The molecule has 0 unspecified atom stereocenters. The Kier molecular flexibility index (Phi) is 8.65. The molecule has 0 aliphatic rings. The van der Waals surface area contributed by atoms with Crippen molar-refractivity contribution >= 4 is 50.7 Å². The first-order chi connectivity index (χ1) is 15.5. The Bertz CT molecular complexity index is 1260. The third kappa shape index (κ3) is 6.14. The monoisotopic (exact) mass is 507 g/mol. The van der Waals surface area contributed by atoms with Crippen LogP contribution < -0.4 is 10.0 Å². The number of nitrogens with zero attached hydrogens (tertiary/aromatic N) is 2. The highest BCUT2D eigenvalue weighted by molar-refractivity contribution is 7.92. The van der Waals surface area contributed by atoms with Gasteiger partial charge in [0.15, 0.2) is 6.61 Å². The van der Waals surface area contributed by atoms with E-state index in [1.54, 1.807) is 6.07 Å². The largest absolute Gasteiger partial charge is 0.454 e. The molecular formula is C22H19Cl2N3O5S. The van der Waals surface area contributed by atoms with Gasteiger partial charge in [-0.15, -0.1) is 6.58 Å². The Morgan fingerprint density at radius 1 is 1.21 bits per heavy atom. The maximum absolute atomic E-state index is 13.3. The second kappa shape index (κ2) is 11.0. The van der Waals surface area contributed by atoms with E-state index in [4.69, 9.17) is 38.9 Å². The van der Waals surface area contributed by atoms with Crippen LogP contribution in [-0.2, 0) is 19.6 Å². The van der Waals surface area contributed by atoms with E-state index in [1.165, 1.54) is 49.4 Å². The lowest BCUT2D eigenvalue weighted by atomic mass is 10.1. The van der Waals surface area contributed by atoms with Crippen molar-refractivity contribution in [2.24, 2.45) is 5.73 Å². The molecule has 0 aromatic heterocycles. The van der Waals surface area contributed by atoms with Crippen LogP contribution in [-0.4, -0.2) is 33.3 Å². The first-order valence-corrected chi connectivity index (χ1v) is 11.5. The zero-order valence-electron chi connectivity index (χ0n) is 17.4. The summed E-state index contributed by atoms with van der Waals surface area (Å²) in [5.74, 6) is -1.84. The number of anilines is 1. The van der Waals surface area contributed by atoms with Crippen LogP contribution in [0.3, 0.4) is 0 Å². The van der Waals surface area contributed by atoms with Gasteiger partial charge < -0.3 is 10.5 Å². The number of allylic oxidation sites excluding steroid dienone is 1. The fraction of sp³-hybridized carbons (Fsp3) is 0.136. The normalized spacial score (nSPS) is 11.7. The molecule has 0 bridgehead atoms. The summed E-state index contributed by atoms with van der Waals surface area (Å²) in [5.41, 5.74) is 5.16. The van der Waals surface area contributed by atoms with Crippen LogP contribution in [0.1, 0.15) is 17.3 Å². The number of ether oxygens (including phenoxy) is 1. The highest BCUT2D eigenvalue weighted by Gasteiger charge is 2.26. The summed E-state index contributed by atoms with van der Waals surface area (Å²) in [6.45, 7) is 4.13. The summed E-state index contributed by atoms with van der Waals surface area (Å²) in [6.07, 6.45) is 1.41. The molecule has 0 saturated heterocycles. The third-order valence-electron chi connectivity index (χ3n) is 4.27. The fourth-order valence-corrected chi connectivity index (χ4v) is 4.45. The maximum atomic E-state index is 13.3. The van der Waals surface area contributed by atoms with Crippen molar-refractivity contribution < 1.29 is 22.7 Å². The second-order valence-electron chi connectivity index (χ2n) is 6.61. The number of carbonyl (C=O) groups is 2. The van der Waals surface area contributed by atoms with Gasteiger partial charge in [-0.2, -0.15) is 5.26 Å². The Morgan fingerprint density at radius 3 is 2.39 bits per heavy atom. The molecule has 0 saturated carbocycles. The van der Waals surface area contributed by atoms with Gasteiger partial charge >= 0.3 is 5.97 Å². The first-order valence-electron chi connectivity index (χ1n) is 9.28. The molecule has 0 fully saturated rings. The molecule has 11 heteroatoms. The molecule has 2 N–H and O–H groups in total. The average Bonchev–Trinajstić information content (AvgIpc) is 2.76. The molecule has 172 valence electrons. The lowest BCUT2D eigenvalue weighted by Crippen LogP contribution is -2.31. The summed E-state index contributed by atoms with van der Waals surface area (Å²) < 4.78 is 32.6. The molecule has 0 spiro atoms. The number of nitrogens with two attached hydrogens (primary N) is 1. The van der Waals surface area contributed by atoms with Crippen molar-refractivity contribution in [3.63, 3.8) is 0 Å². The van der Waals surface area contributed by atoms with Crippen LogP contribution in [0.15, 0.2) is 71.3 Å². The Balaban J connectivity index is 2.37. The predicted octanol–water partition coefficient (Wildman–Crippen LogP) is 3.86. The number of hydrogen-bond donors (Lipinski definition) is 1. The zero-order valence-corrected chi connectivity index (χ0v) is 19.7. The van der Waals surface area contributed by atoms with Gasteiger partial charge in [0.25, 0.3) is 10.0 Å². The highest BCUT2D eigenvalue weighted by atomic mass is 35.5. The summed E-state index contributed by atoms with van der Waals surface area (Å²) in [5, 5.41) is 9.31. The van der Waals surface area contributed by atoms with Gasteiger partial charge in [0.1, 0.15) is 11.6 Å². The van der Waals surface area contributed by atoms with Crippen LogP contribution in [0.2, 0.25) is 10.0 Å². The van der Waals surface area contributed by atoms with Crippen molar-refractivity contribution in [2.75, 3.05) is 17.5 Å². The number of sulfonamides is 1. The highest BCUT2D eigenvalue weighted by Crippen LogP contribution is 2.28. The van der Waals surface area contributed by atoms with Crippen LogP contribution >= 0.6 is 23.2 Å². The Morgan fingerprint density at radius 2 is 1.85 bits per heavy atom. The topological polar surface area (TPSA) is 131 Å². The predicted molar refractivity (Wildman–Crippen MR) is 125 cm³/mol. The average molecular weight is 508 g/mol. The van der Waals surface area contributed by atoms with E-state index < -0.39 is 28.4 Å². The third-order valence-corrected chi connectivity index (χ3v) is 6.65. The number of benzene rings is 2. The number of esters is 1. The van der Waals surface area contributed by atoms with Crippen LogP contribution in [0.4, 0.5) is 5.69 Å². The van der Waals surface area contributed by atoms with Gasteiger partial charge in [-0.1, -0.05) is 29.3 Å². The summed E-state index contributed by atoms with van der Waals surface area (Å²) >= 11 is 12.0. The van der Waals surface area contributed by atoms with Gasteiger partial charge in [0.05, 0.1) is 27.7 Å². The molecule has 8 nitrogen and oxygen atoms in total. The van der Waals surface area contributed by atoms with E-state index in [9.17, 15) is 18.0 Å². The number of rotatable bonds is 9. The van der Waals surface area contributed by atoms with E-state index in [0.29, 0.717) is 10.7 Å². The quantitative estimate of drug-likeness (QED) is 0.236. The molecule has 33 heavy (non-hydrogen) atoms. The number of Topliss-reactive ketones (excluding diaryl/α,β-unsaturated/α-hetero) is 1. The van der Waals surface area contributed by atoms with Crippen molar-refractivity contribution in [3.05, 3.63) is 82.0 Å². The molecule has 0 amide bonds. The minimum absolute atomic E-state index is 0.0193. The molecule has 2 aromatic rings. The molecule has 0 aliphatic heterocycles. The van der Waals surface area contributed by atoms with Gasteiger partial charge in [0.2, 0.25) is 5.78 Å².